The van der Waals surface area contributed by atoms with Crippen LogP contribution in [0, 0.1) is 0 Å². The Morgan fingerprint density at radius 3 is 3.10 bits per heavy atom. The Kier molecular flexibility index (Phi) is 4.12. The summed E-state index contributed by atoms with van der Waals surface area (Å²) in [5.41, 5.74) is 5.36. The van der Waals surface area contributed by atoms with E-state index in [-0.39, 0.29) is 6.04 Å². The third kappa shape index (κ3) is 2.39. The molecule has 0 bridgehead atoms. The van der Waals surface area contributed by atoms with Gasteiger partial charge in [-0.3, -0.25) is 10.5 Å². The predicted octanol–water partition coefficient (Wildman–Crippen LogP) is 3.05. The van der Waals surface area contributed by atoms with Crippen LogP contribution in [0.3, 0.4) is 0 Å². The van der Waals surface area contributed by atoms with E-state index >= 15 is 0 Å². The molecule has 1 unspecified atom stereocenters. The van der Waals surface area contributed by atoms with Crippen LogP contribution < -0.4 is 11.3 Å². The highest BCUT2D eigenvalue weighted by Gasteiger charge is 2.25. The maximum Gasteiger partial charge on any atom is 0.0985 e. The van der Waals surface area contributed by atoms with Crippen LogP contribution in [0.5, 0.6) is 0 Å². The third-order valence-corrected chi connectivity index (χ3v) is 5.35. The molecule has 0 aromatic carbocycles. The second-order valence-corrected chi connectivity index (χ2v) is 6.73. The number of nitrogens with one attached hydrogen (secondary N) is 1. The van der Waals surface area contributed by atoms with Crippen LogP contribution in [-0.2, 0) is 19.4 Å². The van der Waals surface area contributed by atoms with Gasteiger partial charge in [-0.1, -0.05) is 18.5 Å². The molecular formula is C14H19ClN4S. The Morgan fingerprint density at radius 1 is 1.55 bits per heavy atom. The Bertz CT molecular complexity index is 583. The van der Waals surface area contributed by atoms with Gasteiger partial charge in [0.15, 0.2) is 0 Å². The number of hydrogen-bond donors (Lipinski definition) is 2. The average Bonchev–Trinajstić information content (AvgIpc) is 3.09. The van der Waals surface area contributed by atoms with Crippen LogP contribution in [0.25, 0.3) is 0 Å². The van der Waals surface area contributed by atoms with Crippen LogP contribution in [0.2, 0.25) is 5.02 Å². The van der Waals surface area contributed by atoms with E-state index in [1.165, 1.54) is 34.6 Å². The van der Waals surface area contributed by atoms with Crippen molar-refractivity contribution in [1.82, 2.24) is 15.2 Å². The van der Waals surface area contributed by atoms with E-state index in [0.717, 1.165) is 18.7 Å². The monoisotopic (exact) mass is 310 g/mol. The Morgan fingerprint density at radius 2 is 2.40 bits per heavy atom. The SMILES string of the molecule is CCCn1ncc(Cl)c1C(NN)c1cc2c(s1)CCC2. The Labute approximate surface area is 127 Å². The second-order valence-electron chi connectivity index (χ2n) is 5.15. The number of hydrazine groups is 1. The summed E-state index contributed by atoms with van der Waals surface area (Å²) in [5, 5.41) is 5.03. The Balaban J connectivity index is 1.98. The first kappa shape index (κ1) is 14.1. The molecule has 0 spiro atoms. The van der Waals surface area contributed by atoms with Crippen molar-refractivity contribution >= 4 is 22.9 Å². The van der Waals surface area contributed by atoms with Crippen molar-refractivity contribution in [1.29, 1.82) is 0 Å². The van der Waals surface area contributed by atoms with Gasteiger partial charge in [-0.25, -0.2) is 5.43 Å². The van der Waals surface area contributed by atoms with Crippen molar-refractivity contribution in [2.24, 2.45) is 5.84 Å². The molecule has 0 amide bonds. The summed E-state index contributed by atoms with van der Waals surface area (Å²) < 4.78 is 1.96. The van der Waals surface area contributed by atoms with Crippen LogP contribution in [-0.4, -0.2) is 9.78 Å². The van der Waals surface area contributed by atoms with E-state index in [0.29, 0.717) is 5.02 Å². The molecule has 3 rings (SSSR count). The molecule has 20 heavy (non-hydrogen) atoms. The molecule has 0 saturated carbocycles. The highest BCUT2D eigenvalue weighted by atomic mass is 35.5. The van der Waals surface area contributed by atoms with Crippen molar-refractivity contribution in [3.8, 4) is 0 Å². The normalized spacial score (nSPS) is 15.6. The number of aryl methyl sites for hydroxylation is 3. The molecule has 2 aromatic heterocycles. The van der Waals surface area contributed by atoms with Gasteiger partial charge in [-0.15, -0.1) is 11.3 Å². The number of fused-ring (bicyclic) bond motifs is 1. The zero-order valence-electron chi connectivity index (χ0n) is 11.5. The second kappa shape index (κ2) is 5.85. The molecule has 0 radical (unpaired) electrons. The molecule has 1 aliphatic carbocycles. The molecule has 4 nitrogen and oxygen atoms in total. The van der Waals surface area contributed by atoms with E-state index < -0.39 is 0 Å². The van der Waals surface area contributed by atoms with Crippen LogP contribution >= 0.6 is 22.9 Å². The highest BCUT2D eigenvalue weighted by molar-refractivity contribution is 7.12. The molecule has 0 aliphatic heterocycles. The van der Waals surface area contributed by atoms with Gasteiger partial charge < -0.3 is 0 Å². The van der Waals surface area contributed by atoms with E-state index in [4.69, 9.17) is 17.4 Å². The maximum absolute atomic E-state index is 6.32. The lowest BCUT2D eigenvalue weighted by Gasteiger charge is -2.17. The first-order chi connectivity index (χ1) is 9.74. The first-order valence-corrected chi connectivity index (χ1v) is 8.22. The van der Waals surface area contributed by atoms with Gasteiger partial charge in [0.25, 0.3) is 0 Å². The molecule has 2 aromatic rings. The highest BCUT2D eigenvalue weighted by Crippen LogP contribution is 2.37. The quantitative estimate of drug-likeness (QED) is 0.659. The molecule has 1 atom stereocenters. The minimum Gasteiger partial charge on any atom is -0.270 e. The standard InChI is InChI=1S/C14H19ClN4S/c1-2-6-19-14(10(15)8-17-19)13(18-16)12-7-9-4-3-5-11(9)20-12/h7-8,13,18H,2-6,16H2,1H3. The van der Waals surface area contributed by atoms with Crippen LogP contribution in [0.1, 0.15) is 46.8 Å². The van der Waals surface area contributed by atoms with Crippen LogP contribution in [0.4, 0.5) is 0 Å². The van der Waals surface area contributed by atoms with Gasteiger partial charge in [0.05, 0.1) is 23.0 Å². The zero-order chi connectivity index (χ0) is 14.1. The number of hydrogen-bond acceptors (Lipinski definition) is 4. The number of aromatic nitrogens is 2. The van der Waals surface area contributed by atoms with Crippen molar-refractivity contribution in [3.05, 3.63) is 38.3 Å². The number of nitrogens with two attached hydrogens (primary N) is 1. The third-order valence-electron chi connectivity index (χ3n) is 3.76. The van der Waals surface area contributed by atoms with Gasteiger partial charge in [0, 0.05) is 16.3 Å². The molecule has 0 fully saturated rings. The van der Waals surface area contributed by atoms with Gasteiger partial charge >= 0.3 is 0 Å². The van der Waals surface area contributed by atoms with E-state index in [1.54, 1.807) is 6.20 Å². The van der Waals surface area contributed by atoms with Crippen molar-refractivity contribution in [3.63, 3.8) is 0 Å². The summed E-state index contributed by atoms with van der Waals surface area (Å²) in [6, 6.07) is 2.20. The first-order valence-electron chi connectivity index (χ1n) is 7.03. The minimum absolute atomic E-state index is 0.0767. The lowest BCUT2D eigenvalue weighted by atomic mass is 10.1. The number of rotatable bonds is 5. The summed E-state index contributed by atoms with van der Waals surface area (Å²) >= 11 is 8.17. The molecule has 0 saturated heterocycles. The maximum atomic E-state index is 6.32. The fourth-order valence-corrected chi connectivity index (χ4v) is 4.41. The zero-order valence-corrected chi connectivity index (χ0v) is 13.1. The van der Waals surface area contributed by atoms with Crippen LogP contribution in [0.15, 0.2) is 12.3 Å². The van der Waals surface area contributed by atoms with Gasteiger partial charge in [-0.2, -0.15) is 5.10 Å². The van der Waals surface area contributed by atoms with Gasteiger partial charge in [-0.05, 0) is 37.3 Å². The van der Waals surface area contributed by atoms with E-state index in [1.807, 2.05) is 16.0 Å². The van der Waals surface area contributed by atoms with E-state index in [9.17, 15) is 0 Å². The minimum atomic E-state index is -0.0767. The van der Waals surface area contributed by atoms with Crippen molar-refractivity contribution < 1.29 is 0 Å². The smallest absolute Gasteiger partial charge is 0.0985 e. The average molecular weight is 311 g/mol. The molecule has 1 aliphatic rings. The summed E-state index contributed by atoms with van der Waals surface area (Å²) in [7, 11) is 0. The molecule has 2 heterocycles. The lowest BCUT2D eigenvalue weighted by molar-refractivity contribution is 0.524. The molecule has 3 N–H and O–H groups in total. The molecular weight excluding hydrogens is 292 g/mol. The van der Waals surface area contributed by atoms with Gasteiger partial charge in [0.1, 0.15) is 0 Å². The summed E-state index contributed by atoms with van der Waals surface area (Å²) in [6.45, 7) is 2.98. The molecule has 6 heteroatoms. The fraction of sp³-hybridized carbons (Fsp3) is 0.500. The topological polar surface area (TPSA) is 55.9 Å². The van der Waals surface area contributed by atoms with Crippen molar-refractivity contribution in [2.45, 2.75) is 45.2 Å². The van der Waals surface area contributed by atoms with Gasteiger partial charge in [0.2, 0.25) is 0 Å². The van der Waals surface area contributed by atoms with Crippen molar-refractivity contribution in [2.75, 3.05) is 0 Å². The van der Waals surface area contributed by atoms with E-state index in [2.05, 4.69) is 23.5 Å². The lowest BCUT2D eigenvalue weighted by Crippen LogP contribution is -2.30. The number of thiophene rings is 1. The summed E-state index contributed by atoms with van der Waals surface area (Å²) in [5.74, 6) is 5.81. The summed E-state index contributed by atoms with van der Waals surface area (Å²) in [6.07, 6.45) is 6.38. The largest absolute Gasteiger partial charge is 0.270 e. The number of halogens is 1. The predicted molar refractivity (Wildman–Crippen MR) is 83.0 cm³/mol. The molecule has 108 valence electrons. The Hall–Kier alpha value is -0.880. The fourth-order valence-electron chi connectivity index (χ4n) is 2.84. The number of nitrogens with zero attached hydrogens (tertiary/aromatic N) is 2. The summed E-state index contributed by atoms with van der Waals surface area (Å²) in [4.78, 5) is 2.73.